The van der Waals surface area contributed by atoms with E-state index in [1.165, 1.54) is 50.6 Å². The summed E-state index contributed by atoms with van der Waals surface area (Å²) < 4.78 is 49.4. The van der Waals surface area contributed by atoms with Crippen LogP contribution in [0.25, 0.3) is 0 Å². The van der Waals surface area contributed by atoms with Crippen molar-refractivity contribution < 1.29 is 47.0 Å². The molecule has 2 atom stereocenters. The summed E-state index contributed by atoms with van der Waals surface area (Å²) in [7, 11) is -1.22. The molecule has 1 amide bonds. The molecule has 1 aromatic heterocycles. The molecule has 0 saturated heterocycles. The van der Waals surface area contributed by atoms with Crippen molar-refractivity contribution in [1.82, 2.24) is 14.6 Å². The van der Waals surface area contributed by atoms with Crippen LogP contribution in [0.1, 0.15) is 28.3 Å². The van der Waals surface area contributed by atoms with Gasteiger partial charge in [0.1, 0.15) is 17.8 Å². The standard InChI is InChI=1S/C32H37N5O11S/c1-45-26-8-10-27(11-9-26)49(43,44)36(15-17-38)16-18-47-30-20-24(22-3-5-23(6-4-22)32(40)46-2)19-28(48-30)31(39)34-14-13-33-29-12-7-25(21-35-29)37(41)42/h3-12,19,21,24,30,38H,13-18,20H2,1-2H3,(H,33,35)(H,34,39)/t24-,30+/m0/s1. The Morgan fingerprint density at radius 2 is 1.80 bits per heavy atom. The maximum absolute atomic E-state index is 13.3. The average Bonchev–Trinajstić information content (AvgIpc) is 3.12. The Hall–Kier alpha value is -5.10. The molecular formula is C32H37N5O11S. The first-order valence-corrected chi connectivity index (χ1v) is 16.6. The number of hydrogen-bond acceptors (Lipinski definition) is 13. The van der Waals surface area contributed by atoms with Crippen LogP contribution in [-0.2, 0) is 29.0 Å². The third-order valence-electron chi connectivity index (χ3n) is 7.41. The largest absolute Gasteiger partial charge is 0.497 e. The number of nitrogens with one attached hydrogen (secondary N) is 2. The van der Waals surface area contributed by atoms with E-state index in [-0.39, 0.29) is 61.5 Å². The number of ether oxygens (including phenoxy) is 4. The Bertz CT molecular complexity index is 1720. The Morgan fingerprint density at radius 1 is 1.06 bits per heavy atom. The summed E-state index contributed by atoms with van der Waals surface area (Å²) in [6.45, 7) is -0.403. The van der Waals surface area contributed by atoms with E-state index in [0.29, 0.717) is 17.1 Å². The van der Waals surface area contributed by atoms with Gasteiger partial charge in [-0.2, -0.15) is 4.31 Å². The zero-order valence-corrected chi connectivity index (χ0v) is 27.6. The highest BCUT2D eigenvalue weighted by Gasteiger charge is 2.30. The lowest BCUT2D eigenvalue weighted by Gasteiger charge is -2.30. The molecule has 262 valence electrons. The van der Waals surface area contributed by atoms with E-state index in [9.17, 15) is 33.2 Å². The predicted octanol–water partition coefficient (Wildman–Crippen LogP) is 2.43. The minimum Gasteiger partial charge on any atom is -0.497 e. The van der Waals surface area contributed by atoms with E-state index < -0.39 is 39.7 Å². The normalized spacial score (nSPS) is 15.9. The topological polar surface area (TPSA) is 209 Å². The van der Waals surface area contributed by atoms with E-state index in [0.717, 1.165) is 16.1 Å². The minimum absolute atomic E-state index is 0.0203. The molecule has 0 aliphatic carbocycles. The molecular weight excluding hydrogens is 662 g/mol. The van der Waals surface area contributed by atoms with E-state index >= 15 is 0 Å². The van der Waals surface area contributed by atoms with Crippen molar-refractivity contribution in [2.75, 3.05) is 58.9 Å². The third-order valence-corrected chi connectivity index (χ3v) is 9.32. The summed E-state index contributed by atoms with van der Waals surface area (Å²) in [5.74, 6) is -0.543. The van der Waals surface area contributed by atoms with Gasteiger partial charge in [0.2, 0.25) is 16.3 Å². The number of methoxy groups -OCH3 is 2. The van der Waals surface area contributed by atoms with Crippen LogP contribution in [0.4, 0.5) is 11.5 Å². The van der Waals surface area contributed by atoms with Crippen molar-refractivity contribution in [3.8, 4) is 5.75 Å². The number of anilines is 1. The number of aliphatic hydroxyl groups is 1. The molecule has 4 rings (SSSR count). The highest BCUT2D eigenvalue weighted by Crippen LogP contribution is 2.32. The first-order chi connectivity index (χ1) is 23.5. The second kappa shape index (κ2) is 17.3. The molecule has 3 N–H and O–H groups in total. The van der Waals surface area contributed by atoms with Crippen LogP contribution in [0.3, 0.4) is 0 Å². The number of amides is 1. The summed E-state index contributed by atoms with van der Waals surface area (Å²) in [5, 5.41) is 26.1. The molecule has 2 heterocycles. The molecule has 3 aromatic rings. The summed E-state index contributed by atoms with van der Waals surface area (Å²) in [6, 6.07) is 15.3. The van der Waals surface area contributed by atoms with Gasteiger partial charge in [-0.1, -0.05) is 12.1 Å². The molecule has 0 radical (unpaired) electrons. The van der Waals surface area contributed by atoms with Crippen LogP contribution < -0.4 is 15.4 Å². The molecule has 0 bridgehead atoms. The quantitative estimate of drug-likeness (QED) is 0.0802. The SMILES string of the molecule is COC(=O)c1ccc([C@H]2C=C(C(=O)NCCNc3ccc([N+](=O)[O-])cn3)O[C@@H](OCCN(CCO)S(=O)(=O)c3ccc(OC)cc3)C2)cc1. The number of rotatable bonds is 17. The van der Waals surface area contributed by atoms with E-state index in [4.69, 9.17) is 18.9 Å². The minimum atomic E-state index is -3.98. The second-order valence-corrected chi connectivity index (χ2v) is 12.5. The highest BCUT2D eigenvalue weighted by molar-refractivity contribution is 7.89. The Labute approximate surface area is 282 Å². The zero-order valence-electron chi connectivity index (χ0n) is 26.8. The fourth-order valence-electron chi connectivity index (χ4n) is 4.83. The van der Waals surface area contributed by atoms with Gasteiger partial charge in [-0.15, -0.1) is 0 Å². The predicted molar refractivity (Wildman–Crippen MR) is 175 cm³/mol. The maximum Gasteiger partial charge on any atom is 0.337 e. The lowest BCUT2D eigenvalue weighted by Crippen LogP contribution is -2.38. The van der Waals surface area contributed by atoms with Gasteiger partial charge in [0.05, 0.1) is 42.8 Å². The number of aromatic nitrogens is 1. The third kappa shape index (κ3) is 9.96. The lowest BCUT2D eigenvalue weighted by molar-refractivity contribution is -0.385. The number of benzene rings is 2. The molecule has 17 heteroatoms. The van der Waals surface area contributed by atoms with E-state index in [1.54, 1.807) is 30.3 Å². The summed E-state index contributed by atoms with van der Waals surface area (Å²) in [6.07, 6.45) is 2.09. The van der Waals surface area contributed by atoms with Crippen molar-refractivity contribution in [1.29, 1.82) is 0 Å². The lowest BCUT2D eigenvalue weighted by atomic mass is 9.92. The van der Waals surface area contributed by atoms with E-state index in [1.807, 2.05) is 0 Å². The van der Waals surface area contributed by atoms with Crippen LogP contribution in [-0.4, -0.2) is 99.5 Å². The smallest absolute Gasteiger partial charge is 0.337 e. The van der Waals surface area contributed by atoms with Gasteiger partial charge in [-0.3, -0.25) is 14.9 Å². The van der Waals surface area contributed by atoms with Crippen LogP contribution >= 0.6 is 0 Å². The van der Waals surface area contributed by atoms with Gasteiger partial charge < -0.3 is 34.7 Å². The number of aliphatic hydroxyl groups excluding tert-OH is 1. The Morgan fingerprint density at radius 3 is 2.41 bits per heavy atom. The van der Waals surface area contributed by atoms with Crippen LogP contribution in [0.15, 0.2) is 83.6 Å². The highest BCUT2D eigenvalue weighted by atomic mass is 32.2. The molecule has 0 saturated carbocycles. The van der Waals surface area contributed by atoms with Crippen molar-refractivity contribution in [3.05, 3.63) is 99.9 Å². The van der Waals surface area contributed by atoms with Gasteiger partial charge in [0.15, 0.2) is 5.76 Å². The Kier molecular flexibility index (Phi) is 13.0. The molecule has 0 unspecified atom stereocenters. The maximum atomic E-state index is 13.3. The van der Waals surface area contributed by atoms with Gasteiger partial charge in [0.25, 0.3) is 11.6 Å². The van der Waals surface area contributed by atoms with Crippen molar-refractivity contribution in [2.45, 2.75) is 23.5 Å². The molecule has 1 aliphatic heterocycles. The average molecular weight is 700 g/mol. The number of esters is 1. The fourth-order valence-corrected chi connectivity index (χ4v) is 6.25. The molecule has 16 nitrogen and oxygen atoms in total. The van der Waals surface area contributed by atoms with Crippen molar-refractivity contribution in [3.63, 3.8) is 0 Å². The molecule has 1 aliphatic rings. The number of pyridine rings is 1. The van der Waals surface area contributed by atoms with Crippen molar-refractivity contribution >= 4 is 33.4 Å². The number of allylic oxidation sites excluding steroid dienone is 1. The Balaban J connectivity index is 1.42. The number of nitro groups is 1. The summed E-state index contributed by atoms with van der Waals surface area (Å²) in [4.78, 5) is 39.4. The van der Waals surface area contributed by atoms with Crippen LogP contribution in [0.5, 0.6) is 5.75 Å². The number of carbonyl (C=O) groups excluding carboxylic acids is 2. The molecule has 0 fully saturated rings. The molecule has 2 aromatic carbocycles. The van der Waals surface area contributed by atoms with Crippen LogP contribution in [0.2, 0.25) is 0 Å². The van der Waals surface area contributed by atoms with Crippen molar-refractivity contribution in [2.24, 2.45) is 0 Å². The van der Waals surface area contributed by atoms with Gasteiger partial charge in [-0.25, -0.2) is 18.2 Å². The van der Waals surface area contributed by atoms with Gasteiger partial charge >= 0.3 is 5.97 Å². The number of sulfonamides is 1. The summed E-state index contributed by atoms with van der Waals surface area (Å²) in [5.41, 5.74) is 0.973. The molecule has 0 spiro atoms. The summed E-state index contributed by atoms with van der Waals surface area (Å²) >= 11 is 0. The number of hydrogen-bond donors (Lipinski definition) is 3. The van der Waals surface area contributed by atoms with Crippen LogP contribution in [0, 0.1) is 10.1 Å². The number of carbonyl (C=O) groups is 2. The fraction of sp³-hybridized carbons (Fsp3) is 0.344. The first kappa shape index (κ1) is 36.7. The first-order valence-electron chi connectivity index (χ1n) is 15.1. The second-order valence-electron chi connectivity index (χ2n) is 10.5. The van der Waals surface area contributed by atoms with Gasteiger partial charge in [-0.05, 0) is 54.1 Å². The monoisotopic (exact) mass is 699 g/mol. The van der Waals surface area contributed by atoms with E-state index in [2.05, 4.69) is 15.6 Å². The zero-order chi connectivity index (χ0) is 35.4. The number of nitrogens with zero attached hydrogens (tertiary/aromatic N) is 3. The molecule has 49 heavy (non-hydrogen) atoms. The van der Waals surface area contributed by atoms with Gasteiger partial charge in [0, 0.05) is 44.6 Å².